The van der Waals surface area contributed by atoms with Crippen LogP contribution in [0.3, 0.4) is 0 Å². The first-order chi connectivity index (χ1) is 9.38. The van der Waals surface area contributed by atoms with Crippen LogP contribution in [0.2, 0.25) is 0 Å². The van der Waals surface area contributed by atoms with Crippen molar-refractivity contribution in [3.63, 3.8) is 0 Å². The highest BCUT2D eigenvalue weighted by Crippen LogP contribution is 2.23. The van der Waals surface area contributed by atoms with Gasteiger partial charge in [-0.25, -0.2) is 8.78 Å². The number of aryl methyl sites for hydroxylation is 2. The van der Waals surface area contributed by atoms with Gasteiger partial charge in [-0.1, -0.05) is 17.2 Å². The van der Waals surface area contributed by atoms with Crippen molar-refractivity contribution in [2.75, 3.05) is 0 Å². The summed E-state index contributed by atoms with van der Waals surface area (Å²) in [5, 5.41) is 0. The number of halogens is 3. The van der Waals surface area contributed by atoms with Gasteiger partial charge < -0.3 is 0 Å². The predicted octanol–water partition coefficient (Wildman–Crippen LogP) is 4.77. The Morgan fingerprint density at radius 3 is 2.30 bits per heavy atom. The molecule has 104 valence electrons. The highest BCUT2D eigenvalue weighted by Gasteiger charge is 2.17. The third-order valence-electron chi connectivity index (χ3n) is 3.02. The molecule has 0 N–H and O–H groups in total. The maximum Gasteiger partial charge on any atom is 0.167 e. The molecule has 4 heteroatoms. The molecule has 0 aliphatic rings. The summed E-state index contributed by atoms with van der Waals surface area (Å²) >= 11 is 3.00. The van der Waals surface area contributed by atoms with Crippen LogP contribution in [-0.4, -0.2) is 5.78 Å². The largest absolute Gasteiger partial charge is 0.294 e. The van der Waals surface area contributed by atoms with Crippen LogP contribution in [0.25, 0.3) is 0 Å². The summed E-state index contributed by atoms with van der Waals surface area (Å²) in [7, 11) is 0. The zero-order valence-electron chi connectivity index (χ0n) is 11.1. The molecule has 2 aromatic carbocycles. The molecule has 2 rings (SSSR count). The Morgan fingerprint density at radius 2 is 1.70 bits per heavy atom. The number of carbonyl (C=O) groups is 1. The molecule has 1 nitrogen and oxygen atoms in total. The number of Topliss-reactive ketones (excluding diaryl/α,β-unsaturated/α-hetero) is 1. The number of rotatable bonds is 3. The number of hydrogen-bond acceptors (Lipinski definition) is 1. The van der Waals surface area contributed by atoms with Gasteiger partial charge in [0.2, 0.25) is 0 Å². The van der Waals surface area contributed by atoms with Gasteiger partial charge in [0.25, 0.3) is 0 Å². The van der Waals surface area contributed by atoms with Crippen LogP contribution in [0.5, 0.6) is 0 Å². The van der Waals surface area contributed by atoms with E-state index in [4.69, 9.17) is 0 Å². The summed E-state index contributed by atoms with van der Waals surface area (Å²) in [5.74, 6) is -1.72. The molecule has 0 aromatic heterocycles. The van der Waals surface area contributed by atoms with Crippen molar-refractivity contribution in [3.8, 4) is 0 Å². The van der Waals surface area contributed by atoms with Gasteiger partial charge in [0.1, 0.15) is 11.6 Å². The van der Waals surface area contributed by atoms with Crippen LogP contribution in [0.4, 0.5) is 8.78 Å². The quantitative estimate of drug-likeness (QED) is 0.582. The Balaban J connectivity index is 2.35. The maximum atomic E-state index is 13.9. The predicted molar refractivity (Wildman–Crippen MR) is 78.0 cm³/mol. The van der Waals surface area contributed by atoms with E-state index in [9.17, 15) is 13.6 Å². The first-order valence-electron chi connectivity index (χ1n) is 6.12. The fraction of sp³-hybridized carbons (Fsp3) is 0.188. The van der Waals surface area contributed by atoms with E-state index in [0.29, 0.717) is 5.56 Å². The molecule has 0 bridgehead atoms. The van der Waals surface area contributed by atoms with Gasteiger partial charge in [-0.15, -0.1) is 0 Å². The Kier molecular flexibility index (Phi) is 4.33. The van der Waals surface area contributed by atoms with E-state index in [1.807, 2.05) is 19.9 Å². The molecule has 0 amide bonds. The lowest BCUT2D eigenvalue weighted by molar-refractivity contribution is 0.0990. The van der Waals surface area contributed by atoms with Crippen LogP contribution >= 0.6 is 15.9 Å². The fourth-order valence-electron chi connectivity index (χ4n) is 2.13. The summed E-state index contributed by atoms with van der Waals surface area (Å²) < 4.78 is 27.7. The zero-order chi connectivity index (χ0) is 14.9. The van der Waals surface area contributed by atoms with Crippen LogP contribution < -0.4 is 0 Å². The molecule has 0 unspecified atom stereocenters. The van der Waals surface area contributed by atoms with Crippen molar-refractivity contribution in [1.29, 1.82) is 0 Å². The van der Waals surface area contributed by atoms with E-state index < -0.39 is 11.6 Å². The zero-order valence-corrected chi connectivity index (χ0v) is 12.7. The molecular formula is C16H13BrF2O. The van der Waals surface area contributed by atoms with Crippen molar-refractivity contribution < 1.29 is 13.6 Å². The molecule has 0 heterocycles. The smallest absolute Gasteiger partial charge is 0.167 e. The summed E-state index contributed by atoms with van der Waals surface area (Å²) in [6.45, 7) is 3.76. The minimum Gasteiger partial charge on any atom is -0.294 e. The average molecular weight is 339 g/mol. The van der Waals surface area contributed by atoms with E-state index in [1.54, 1.807) is 12.1 Å². The van der Waals surface area contributed by atoms with E-state index >= 15 is 0 Å². The number of benzene rings is 2. The lowest BCUT2D eigenvalue weighted by atomic mass is 9.99. The van der Waals surface area contributed by atoms with Crippen LogP contribution in [-0.2, 0) is 6.42 Å². The molecule has 0 aliphatic heterocycles. The Labute approximate surface area is 124 Å². The molecule has 0 spiro atoms. The van der Waals surface area contributed by atoms with E-state index in [2.05, 4.69) is 15.9 Å². The standard InChI is InChI=1S/C16H13BrF2O/c1-9-5-10(2)7-11(6-9)15(20)8-12-14(18)4-3-13(17)16(12)19/h3-7H,8H2,1-2H3. The summed E-state index contributed by atoms with van der Waals surface area (Å²) in [6, 6.07) is 7.83. The average Bonchev–Trinajstić information content (AvgIpc) is 2.38. The van der Waals surface area contributed by atoms with Crippen LogP contribution in [0.15, 0.2) is 34.8 Å². The van der Waals surface area contributed by atoms with E-state index in [1.165, 1.54) is 6.07 Å². The Hall–Kier alpha value is -1.55. The molecule has 20 heavy (non-hydrogen) atoms. The normalized spacial score (nSPS) is 10.7. The van der Waals surface area contributed by atoms with Crippen molar-refractivity contribution in [2.24, 2.45) is 0 Å². The van der Waals surface area contributed by atoms with Crippen LogP contribution in [0.1, 0.15) is 27.0 Å². The molecule has 0 aliphatic carbocycles. The third-order valence-corrected chi connectivity index (χ3v) is 3.63. The number of ketones is 1. The molecule has 0 atom stereocenters. The summed E-state index contributed by atoms with van der Waals surface area (Å²) in [6.07, 6.45) is -0.292. The molecule has 2 aromatic rings. The van der Waals surface area contributed by atoms with Crippen molar-refractivity contribution in [3.05, 3.63) is 68.7 Å². The summed E-state index contributed by atoms with van der Waals surface area (Å²) in [4.78, 5) is 12.2. The molecule has 0 saturated heterocycles. The fourth-order valence-corrected chi connectivity index (χ4v) is 2.50. The highest BCUT2D eigenvalue weighted by molar-refractivity contribution is 9.10. The van der Waals surface area contributed by atoms with Crippen molar-refractivity contribution in [1.82, 2.24) is 0 Å². The number of carbonyl (C=O) groups excluding carboxylic acids is 1. The van der Waals surface area contributed by atoms with Gasteiger partial charge in [0.05, 0.1) is 4.47 Å². The Bertz CT molecular complexity index is 660. The number of hydrogen-bond donors (Lipinski definition) is 0. The molecular weight excluding hydrogens is 326 g/mol. The molecule has 0 saturated carbocycles. The van der Waals surface area contributed by atoms with Crippen molar-refractivity contribution in [2.45, 2.75) is 20.3 Å². The SMILES string of the molecule is Cc1cc(C)cc(C(=O)Cc2c(F)ccc(Br)c2F)c1. The van der Waals surface area contributed by atoms with Gasteiger partial charge in [-0.3, -0.25) is 4.79 Å². The Morgan fingerprint density at radius 1 is 1.10 bits per heavy atom. The van der Waals surface area contributed by atoms with Gasteiger partial charge in [0.15, 0.2) is 5.78 Å². The highest BCUT2D eigenvalue weighted by atomic mass is 79.9. The van der Waals surface area contributed by atoms with Gasteiger partial charge >= 0.3 is 0 Å². The minimum absolute atomic E-state index is 0.155. The second kappa shape index (κ2) is 5.83. The molecule has 0 fully saturated rings. The monoisotopic (exact) mass is 338 g/mol. The topological polar surface area (TPSA) is 17.1 Å². The maximum absolute atomic E-state index is 13.9. The van der Waals surface area contributed by atoms with Crippen LogP contribution in [0, 0.1) is 25.5 Å². The lowest BCUT2D eigenvalue weighted by Crippen LogP contribution is -2.08. The lowest BCUT2D eigenvalue weighted by Gasteiger charge is -2.07. The first-order valence-corrected chi connectivity index (χ1v) is 6.91. The summed E-state index contributed by atoms with van der Waals surface area (Å²) in [5.41, 5.74) is 2.16. The second-order valence-corrected chi connectivity index (χ2v) is 5.65. The first kappa shape index (κ1) is 14.9. The molecule has 0 radical (unpaired) electrons. The van der Waals surface area contributed by atoms with Crippen molar-refractivity contribution >= 4 is 21.7 Å². The van der Waals surface area contributed by atoms with E-state index in [0.717, 1.165) is 17.2 Å². The van der Waals surface area contributed by atoms with Gasteiger partial charge in [-0.05, 0) is 54.0 Å². The van der Waals surface area contributed by atoms with E-state index in [-0.39, 0.29) is 22.2 Å². The van der Waals surface area contributed by atoms with Gasteiger partial charge in [0, 0.05) is 17.5 Å². The third kappa shape index (κ3) is 3.12. The minimum atomic E-state index is -0.720. The van der Waals surface area contributed by atoms with Gasteiger partial charge in [-0.2, -0.15) is 0 Å². The second-order valence-electron chi connectivity index (χ2n) is 4.80.